The number of hydrogen-bond donors (Lipinski definition) is 0. The predicted molar refractivity (Wildman–Crippen MR) is 81.1 cm³/mol. The summed E-state index contributed by atoms with van der Waals surface area (Å²) in [6.45, 7) is 0. The Labute approximate surface area is 123 Å². The van der Waals surface area contributed by atoms with Crippen LogP contribution >= 0.6 is 23.1 Å². The third-order valence-electron chi connectivity index (χ3n) is 2.59. The van der Waals surface area contributed by atoms with Gasteiger partial charge in [0.05, 0.1) is 0 Å². The molecule has 0 spiro atoms. The van der Waals surface area contributed by atoms with E-state index >= 15 is 0 Å². The first kappa shape index (κ1) is 12.9. The Hall–Kier alpha value is -2.10. The van der Waals surface area contributed by atoms with Crippen molar-refractivity contribution in [3.05, 3.63) is 58.0 Å². The van der Waals surface area contributed by atoms with Crippen LogP contribution in [-0.4, -0.2) is 14.6 Å². The number of nitrogens with zero attached hydrogens (tertiary/aromatic N) is 3. The lowest BCUT2D eigenvalue weighted by molar-refractivity contribution is 0.872. The summed E-state index contributed by atoms with van der Waals surface area (Å²) in [7, 11) is 0. The minimum Gasteiger partial charge on any atom is -0.267 e. The maximum Gasteiger partial charge on any atom is 0.275 e. The van der Waals surface area contributed by atoms with Gasteiger partial charge >= 0.3 is 0 Å². The van der Waals surface area contributed by atoms with Gasteiger partial charge < -0.3 is 0 Å². The molecule has 0 atom stereocenters. The molecule has 1 aromatic carbocycles. The molecule has 3 rings (SSSR count). The average Bonchev–Trinajstić information content (AvgIpc) is 2.88. The third-order valence-corrected chi connectivity index (χ3v) is 4.70. The van der Waals surface area contributed by atoms with E-state index in [1.807, 2.05) is 18.2 Å². The van der Waals surface area contributed by atoms with Gasteiger partial charge in [-0.05, 0) is 11.5 Å². The minimum absolute atomic E-state index is 0.332. The van der Waals surface area contributed by atoms with Gasteiger partial charge in [-0.15, -0.1) is 11.5 Å². The summed E-state index contributed by atoms with van der Waals surface area (Å²) in [5.74, 6) is 3.27. The van der Waals surface area contributed by atoms with Crippen LogP contribution < -0.4 is 5.56 Å². The lowest BCUT2D eigenvalue weighted by Crippen LogP contribution is -2.09. The smallest absolute Gasteiger partial charge is 0.267 e. The zero-order valence-electron chi connectivity index (χ0n) is 10.3. The van der Waals surface area contributed by atoms with Crippen LogP contribution in [0.4, 0.5) is 0 Å². The van der Waals surface area contributed by atoms with Crippen molar-refractivity contribution >= 4 is 28.1 Å². The van der Waals surface area contributed by atoms with Crippen molar-refractivity contribution in [2.24, 2.45) is 0 Å². The van der Waals surface area contributed by atoms with Gasteiger partial charge in [-0.25, -0.2) is 0 Å². The van der Waals surface area contributed by atoms with Gasteiger partial charge in [0.15, 0.2) is 4.34 Å². The van der Waals surface area contributed by atoms with Crippen LogP contribution in [0, 0.1) is 12.3 Å². The Kier molecular flexibility index (Phi) is 3.54. The molecule has 2 aromatic heterocycles. The van der Waals surface area contributed by atoms with E-state index in [2.05, 4.69) is 28.1 Å². The maximum atomic E-state index is 11.4. The first-order chi connectivity index (χ1) is 9.76. The number of fused-ring (bicyclic) bond motifs is 1. The number of benzene rings is 1. The molecule has 0 aliphatic rings. The average molecular weight is 299 g/mol. The molecule has 0 bridgehead atoms. The molecule has 0 amide bonds. The summed E-state index contributed by atoms with van der Waals surface area (Å²) >= 11 is 2.97. The molecule has 3 aromatic rings. The normalized spacial score (nSPS) is 10.6. The van der Waals surface area contributed by atoms with Gasteiger partial charge in [0, 0.05) is 11.8 Å². The Morgan fingerprint density at radius 1 is 1.35 bits per heavy atom. The second-order valence-corrected chi connectivity index (χ2v) is 6.14. The van der Waals surface area contributed by atoms with E-state index in [0.717, 1.165) is 10.1 Å². The number of hydrogen-bond acceptors (Lipinski definition) is 5. The molecule has 0 saturated heterocycles. The highest BCUT2D eigenvalue weighted by Gasteiger charge is 2.09. The lowest BCUT2D eigenvalue weighted by atomic mass is 10.2. The Morgan fingerprint density at radius 2 is 2.15 bits per heavy atom. The van der Waals surface area contributed by atoms with Crippen molar-refractivity contribution in [3.63, 3.8) is 0 Å². The van der Waals surface area contributed by atoms with Crippen LogP contribution in [0.1, 0.15) is 11.3 Å². The summed E-state index contributed by atoms with van der Waals surface area (Å²) in [4.78, 5) is 15.8. The van der Waals surface area contributed by atoms with E-state index in [-0.39, 0.29) is 5.56 Å². The van der Waals surface area contributed by atoms with Gasteiger partial charge in [0.1, 0.15) is 5.69 Å². The van der Waals surface area contributed by atoms with E-state index in [0.29, 0.717) is 10.7 Å². The Morgan fingerprint density at radius 3 is 2.90 bits per heavy atom. The van der Waals surface area contributed by atoms with E-state index in [4.69, 9.17) is 6.42 Å². The summed E-state index contributed by atoms with van der Waals surface area (Å²) in [6.07, 6.45) is 5.38. The Bertz CT molecular complexity index is 846. The summed E-state index contributed by atoms with van der Waals surface area (Å²) in [5.41, 5.74) is 1.32. The number of terminal acetylenes is 1. The summed E-state index contributed by atoms with van der Waals surface area (Å²) in [6, 6.07) is 11.4. The van der Waals surface area contributed by atoms with E-state index in [1.165, 1.54) is 23.0 Å². The molecule has 20 heavy (non-hydrogen) atoms. The highest BCUT2D eigenvalue weighted by atomic mass is 32.2. The first-order valence-corrected chi connectivity index (χ1v) is 7.61. The molecule has 0 radical (unpaired) electrons. The Balaban J connectivity index is 1.90. The van der Waals surface area contributed by atoms with E-state index < -0.39 is 0 Å². The molecule has 0 aliphatic heterocycles. The largest absolute Gasteiger partial charge is 0.275 e. The highest BCUT2D eigenvalue weighted by Crippen LogP contribution is 2.26. The summed E-state index contributed by atoms with van der Waals surface area (Å²) < 4.78 is 2.38. The number of thioether (sulfide) groups is 1. The number of rotatable bonds is 3. The summed E-state index contributed by atoms with van der Waals surface area (Å²) in [5, 5.41) is 4.39. The molecule has 6 heteroatoms. The molecule has 4 nitrogen and oxygen atoms in total. The van der Waals surface area contributed by atoms with Crippen LogP contribution in [0.2, 0.25) is 0 Å². The fourth-order valence-electron chi connectivity index (χ4n) is 1.68. The van der Waals surface area contributed by atoms with Crippen LogP contribution in [-0.2, 0) is 5.75 Å². The third kappa shape index (κ3) is 2.59. The maximum absolute atomic E-state index is 11.4. The fraction of sp³-hybridized carbons (Fsp3) is 0.0714. The predicted octanol–water partition coefficient (Wildman–Crippen LogP) is 2.42. The molecule has 0 aliphatic carbocycles. The lowest BCUT2D eigenvalue weighted by Gasteiger charge is -1.96. The van der Waals surface area contributed by atoms with Crippen LogP contribution in [0.25, 0.3) is 4.96 Å². The van der Waals surface area contributed by atoms with Crippen molar-refractivity contribution in [2.45, 2.75) is 10.1 Å². The molecular formula is C14H9N3OS2. The molecule has 0 fully saturated rings. The molecule has 0 unspecified atom stereocenters. The van der Waals surface area contributed by atoms with Gasteiger partial charge in [-0.1, -0.05) is 53.4 Å². The van der Waals surface area contributed by atoms with Crippen molar-refractivity contribution in [3.8, 4) is 12.3 Å². The molecular weight excluding hydrogens is 290 g/mol. The number of aromatic nitrogens is 3. The first-order valence-electron chi connectivity index (χ1n) is 5.80. The highest BCUT2D eigenvalue weighted by molar-refractivity contribution is 8.00. The van der Waals surface area contributed by atoms with Crippen molar-refractivity contribution in [1.29, 1.82) is 0 Å². The van der Waals surface area contributed by atoms with Crippen LogP contribution in [0.15, 0.2) is 45.5 Å². The molecule has 0 N–H and O–H groups in total. The van der Waals surface area contributed by atoms with Crippen LogP contribution in [0.5, 0.6) is 0 Å². The fourth-order valence-corrected chi connectivity index (χ4v) is 3.58. The molecule has 0 saturated carbocycles. The van der Waals surface area contributed by atoms with Crippen molar-refractivity contribution in [1.82, 2.24) is 14.6 Å². The molecule has 98 valence electrons. The van der Waals surface area contributed by atoms with E-state index in [9.17, 15) is 4.79 Å². The quantitative estimate of drug-likeness (QED) is 0.550. The van der Waals surface area contributed by atoms with Gasteiger partial charge in [0.2, 0.25) is 4.96 Å². The SMILES string of the molecule is C#Cc1cc(=O)nc2sc(SCc3ccccc3)nn12. The molecule has 2 heterocycles. The second-order valence-electron chi connectivity index (χ2n) is 3.96. The van der Waals surface area contributed by atoms with Gasteiger partial charge in [0.25, 0.3) is 5.56 Å². The van der Waals surface area contributed by atoms with E-state index in [1.54, 1.807) is 16.3 Å². The van der Waals surface area contributed by atoms with Crippen molar-refractivity contribution in [2.75, 3.05) is 0 Å². The van der Waals surface area contributed by atoms with Gasteiger partial charge in [-0.2, -0.15) is 9.50 Å². The standard InChI is InChI=1S/C14H9N3OS2/c1-2-11-8-12(18)15-13-17(11)16-14(20-13)19-9-10-6-4-3-5-7-10/h1,3-8H,9H2. The topological polar surface area (TPSA) is 47.3 Å². The van der Waals surface area contributed by atoms with Crippen molar-refractivity contribution < 1.29 is 0 Å². The zero-order chi connectivity index (χ0) is 13.9. The minimum atomic E-state index is -0.332. The van der Waals surface area contributed by atoms with Gasteiger partial charge in [-0.3, -0.25) is 4.79 Å². The second kappa shape index (κ2) is 5.49. The zero-order valence-corrected chi connectivity index (χ0v) is 11.9. The van der Waals surface area contributed by atoms with Crippen LogP contribution in [0.3, 0.4) is 0 Å². The monoisotopic (exact) mass is 299 g/mol.